The van der Waals surface area contributed by atoms with Crippen LogP contribution in [0, 0.1) is 13.8 Å². The summed E-state index contributed by atoms with van der Waals surface area (Å²) in [6.45, 7) is 4.86. The van der Waals surface area contributed by atoms with Gasteiger partial charge in [-0.25, -0.2) is 4.68 Å². The van der Waals surface area contributed by atoms with Gasteiger partial charge in [-0.05, 0) is 56.9 Å². The van der Waals surface area contributed by atoms with E-state index < -0.39 is 10.8 Å². The van der Waals surface area contributed by atoms with Crippen molar-refractivity contribution in [2.45, 2.75) is 45.0 Å². The van der Waals surface area contributed by atoms with Gasteiger partial charge in [0.2, 0.25) is 0 Å². The number of aromatic nitrogens is 2. The Balaban J connectivity index is 1.61. The molecule has 0 N–H and O–H groups in total. The number of ether oxygens (including phenoxy) is 1. The van der Waals surface area contributed by atoms with E-state index in [1.165, 1.54) is 6.42 Å². The zero-order valence-corrected chi connectivity index (χ0v) is 14.6. The number of rotatable bonds is 5. The van der Waals surface area contributed by atoms with Crippen LogP contribution in [0.2, 0.25) is 0 Å². The molecule has 0 radical (unpaired) electrons. The molecule has 2 aromatic rings. The first-order chi connectivity index (χ1) is 11.1. The molecule has 0 unspecified atom stereocenters. The molecule has 1 saturated heterocycles. The fourth-order valence-electron chi connectivity index (χ4n) is 3.01. The molecule has 2 heterocycles. The topological polar surface area (TPSA) is 44.1 Å². The Morgan fingerprint density at radius 1 is 1.26 bits per heavy atom. The molecule has 0 bridgehead atoms. The first kappa shape index (κ1) is 16.4. The standard InChI is InChI=1S/C18H24N2O2S/c1-14-11-15(2)20(19-14)17-8-6-16(7-9-17)12-23(21)13-18-5-3-4-10-22-18/h6-9,11,18H,3-5,10,12-13H2,1-2H3/t18-,23+/m1/s1. The van der Waals surface area contributed by atoms with Gasteiger partial charge in [0.25, 0.3) is 0 Å². The third-order valence-electron chi connectivity index (χ3n) is 4.16. The van der Waals surface area contributed by atoms with Crippen LogP contribution in [0.3, 0.4) is 0 Å². The highest BCUT2D eigenvalue weighted by Crippen LogP contribution is 2.17. The van der Waals surface area contributed by atoms with Crippen molar-refractivity contribution in [3.8, 4) is 5.69 Å². The monoisotopic (exact) mass is 332 g/mol. The fourth-order valence-corrected chi connectivity index (χ4v) is 4.37. The molecule has 2 atom stereocenters. The van der Waals surface area contributed by atoms with Crippen LogP contribution >= 0.6 is 0 Å². The van der Waals surface area contributed by atoms with Crippen molar-refractivity contribution in [2.75, 3.05) is 12.4 Å². The van der Waals surface area contributed by atoms with Crippen LogP contribution in [-0.4, -0.2) is 32.5 Å². The Morgan fingerprint density at radius 3 is 2.65 bits per heavy atom. The molecule has 1 aromatic heterocycles. The summed E-state index contributed by atoms with van der Waals surface area (Å²) in [5, 5.41) is 4.49. The minimum Gasteiger partial charge on any atom is -0.377 e. The highest BCUT2D eigenvalue weighted by Gasteiger charge is 2.17. The maximum Gasteiger partial charge on any atom is 0.0690 e. The minimum atomic E-state index is -0.867. The maximum atomic E-state index is 12.3. The smallest absolute Gasteiger partial charge is 0.0690 e. The van der Waals surface area contributed by atoms with E-state index in [0.29, 0.717) is 11.5 Å². The maximum absolute atomic E-state index is 12.3. The van der Waals surface area contributed by atoms with Crippen molar-refractivity contribution in [2.24, 2.45) is 0 Å². The lowest BCUT2D eigenvalue weighted by atomic mass is 10.1. The lowest BCUT2D eigenvalue weighted by Gasteiger charge is -2.22. The highest BCUT2D eigenvalue weighted by molar-refractivity contribution is 7.84. The third-order valence-corrected chi connectivity index (χ3v) is 5.56. The van der Waals surface area contributed by atoms with Crippen LogP contribution in [0.5, 0.6) is 0 Å². The molecular weight excluding hydrogens is 308 g/mol. The second-order valence-electron chi connectivity index (χ2n) is 6.24. The van der Waals surface area contributed by atoms with Crippen LogP contribution in [0.15, 0.2) is 30.3 Å². The fraction of sp³-hybridized carbons (Fsp3) is 0.500. The van der Waals surface area contributed by atoms with E-state index in [1.54, 1.807) is 0 Å². The summed E-state index contributed by atoms with van der Waals surface area (Å²) in [4.78, 5) is 0. The van der Waals surface area contributed by atoms with E-state index in [9.17, 15) is 4.21 Å². The first-order valence-electron chi connectivity index (χ1n) is 8.21. The Labute approximate surface area is 140 Å². The Hall–Kier alpha value is -1.46. The van der Waals surface area contributed by atoms with Crippen molar-refractivity contribution in [3.05, 3.63) is 47.3 Å². The predicted molar refractivity (Wildman–Crippen MR) is 93.3 cm³/mol. The summed E-state index contributed by atoms with van der Waals surface area (Å²) < 4.78 is 19.9. The molecule has 124 valence electrons. The lowest BCUT2D eigenvalue weighted by molar-refractivity contribution is 0.0310. The average molecular weight is 332 g/mol. The number of hydrogen-bond acceptors (Lipinski definition) is 3. The molecule has 4 nitrogen and oxygen atoms in total. The first-order valence-corrected chi connectivity index (χ1v) is 9.70. The molecule has 0 amide bonds. The predicted octanol–water partition coefficient (Wildman–Crippen LogP) is 3.31. The van der Waals surface area contributed by atoms with Gasteiger partial charge >= 0.3 is 0 Å². The second kappa shape index (κ2) is 7.41. The molecule has 0 aliphatic carbocycles. The molecule has 0 saturated carbocycles. The number of nitrogens with zero attached hydrogens (tertiary/aromatic N) is 2. The molecule has 23 heavy (non-hydrogen) atoms. The summed E-state index contributed by atoms with van der Waals surface area (Å²) in [7, 11) is -0.867. The van der Waals surface area contributed by atoms with Crippen molar-refractivity contribution >= 4 is 10.8 Å². The van der Waals surface area contributed by atoms with E-state index >= 15 is 0 Å². The number of aryl methyl sites for hydroxylation is 2. The van der Waals surface area contributed by atoms with Gasteiger partial charge in [0.15, 0.2) is 0 Å². The molecule has 1 aliphatic heterocycles. The summed E-state index contributed by atoms with van der Waals surface area (Å²) in [5.41, 5.74) is 4.28. The largest absolute Gasteiger partial charge is 0.377 e. The Kier molecular flexibility index (Phi) is 5.28. The zero-order valence-electron chi connectivity index (χ0n) is 13.8. The Bertz CT molecular complexity index is 673. The van der Waals surface area contributed by atoms with Crippen molar-refractivity contribution in [3.63, 3.8) is 0 Å². The van der Waals surface area contributed by atoms with Crippen LogP contribution in [0.25, 0.3) is 5.69 Å². The van der Waals surface area contributed by atoms with Gasteiger partial charge in [-0.1, -0.05) is 12.1 Å². The van der Waals surface area contributed by atoms with Crippen molar-refractivity contribution < 1.29 is 8.95 Å². The van der Waals surface area contributed by atoms with Crippen LogP contribution in [0.4, 0.5) is 0 Å². The number of hydrogen-bond donors (Lipinski definition) is 0. The van der Waals surface area contributed by atoms with E-state index in [1.807, 2.05) is 42.8 Å². The van der Waals surface area contributed by atoms with E-state index in [0.717, 1.165) is 42.1 Å². The molecular formula is C18H24N2O2S. The Morgan fingerprint density at radius 2 is 2.04 bits per heavy atom. The average Bonchev–Trinajstić information content (AvgIpc) is 2.87. The SMILES string of the molecule is Cc1cc(C)n(-c2ccc(C[S@](=O)C[C@H]3CCCCO3)cc2)n1. The van der Waals surface area contributed by atoms with Gasteiger partial charge in [-0.2, -0.15) is 5.10 Å². The van der Waals surface area contributed by atoms with E-state index in [-0.39, 0.29) is 6.10 Å². The molecule has 1 fully saturated rings. The molecule has 5 heteroatoms. The molecule has 0 spiro atoms. The summed E-state index contributed by atoms with van der Waals surface area (Å²) >= 11 is 0. The summed E-state index contributed by atoms with van der Waals surface area (Å²) in [6.07, 6.45) is 3.55. The number of benzene rings is 1. The van der Waals surface area contributed by atoms with Crippen LogP contribution in [-0.2, 0) is 21.3 Å². The van der Waals surface area contributed by atoms with Gasteiger partial charge in [0, 0.05) is 28.9 Å². The summed E-state index contributed by atoms with van der Waals surface area (Å²) in [5.74, 6) is 1.25. The van der Waals surface area contributed by atoms with Crippen LogP contribution < -0.4 is 0 Å². The van der Waals surface area contributed by atoms with Gasteiger partial charge < -0.3 is 4.74 Å². The lowest BCUT2D eigenvalue weighted by Crippen LogP contribution is -2.25. The van der Waals surface area contributed by atoms with E-state index in [2.05, 4.69) is 11.2 Å². The third kappa shape index (κ3) is 4.30. The molecule has 1 aromatic carbocycles. The normalized spacial score (nSPS) is 19.7. The van der Waals surface area contributed by atoms with Gasteiger partial charge in [0.05, 0.1) is 23.2 Å². The van der Waals surface area contributed by atoms with Crippen molar-refractivity contribution in [1.82, 2.24) is 9.78 Å². The summed E-state index contributed by atoms with van der Waals surface area (Å²) in [6, 6.07) is 10.2. The minimum absolute atomic E-state index is 0.179. The van der Waals surface area contributed by atoms with Gasteiger partial charge in [0.1, 0.15) is 0 Å². The highest BCUT2D eigenvalue weighted by atomic mass is 32.2. The van der Waals surface area contributed by atoms with Crippen LogP contribution in [0.1, 0.15) is 36.2 Å². The molecule has 3 rings (SSSR count). The van der Waals surface area contributed by atoms with Gasteiger partial charge in [-0.15, -0.1) is 0 Å². The van der Waals surface area contributed by atoms with Gasteiger partial charge in [-0.3, -0.25) is 4.21 Å². The quantitative estimate of drug-likeness (QED) is 0.844. The van der Waals surface area contributed by atoms with E-state index in [4.69, 9.17) is 4.74 Å². The molecule has 1 aliphatic rings. The zero-order chi connectivity index (χ0) is 16.2. The second-order valence-corrected chi connectivity index (χ2v) is 7.75. The van der Waals surface area contributed by atoms with Crippen molar-refractivity contribution in [1.29, 1.82) is 0 Å².